The molecule has 1 heterocycles. The second kappa shape index (κ2) is 5.54. The third-order valence-electron chi connectivity index (χ3n) is 2.25. The lowest BCUT2D eigenvalue weighted by Crippen LogP contribution is -2.03. The summed E-state index contributed by atoms with van der Waals surface area (Å²) in [6, 6.07) is 7.38. The van der Waals surface area contributed by atoms with E-state index in [4.69, 9.17) is 5.73 Å². The van der Waals surface area contributed by atoms with Crippen LogP contribution in [0.25, 0.3) is 0 Å². The highest BCUT2D eigenvalue weighted by Gasteiger charge is 2.22. The van der Waals surface area contributed by atoms with Crippen molar-refractivity contribution in [1.29, 1.82) is 0 Å². The van der Waals surface area contributed by atoms with Crippen LogP contribution in [-0.2, 0) is 0 Å². The fourth-order valence-electron chi connectivity index (χ4n) is 1.46. The first-order chi connectivity index (χ1) is 8.97. The lowest BCUT2D eigenvalue weighted by molar-refractivity contribution is -0.389. The van der Waals surface area contributed by atoms with Crippen molar-refractivity contribution in [3.63, 3.8) is 0 Å². The molecule has 0 aliphatic heterocycles. The summed E-state index contributed by atoms with van der Waals surface area (Å²) in [5.74, 6) is 0.0303. The molecule has 19 heavy (non-hydrogen) atoms. The second-order valence-corrected chi connectivity index (χ2v) is 5.61. The summed E-state index contributed by atoms with van der Waals surface area (Å²) in [4.78, 5) is 19.2. The number of halogens is 1. The molecule has 2 N–H and O–H groups in total. The second-order valence-electron chi connectivity index (χ2n) is 3.63. The molecule has 0 saturated carbocycles. The number of aryl methyl sites for hydroxylation is 1. The van der Waals surface area contributed by atoms with E-state index in [1.807, 2.05) is 24.3 Å². The standard InChI is InChI=1S/C11H9BrN4O2S/c1-6-9(16(17)18)10(15-11(13)14-6)19-8-4-2-7(12)3-5-8/h2-5H,1H3,(H2,13,14,15). The van der Waals surface area contributed by atoms with Gasteiger partial charge in [0.1, 0.15) is 5.69 Å². The molecule has 0 aliphatic rings. The van der Waals surface area contributed by atoms with Gasteiger partial charge < -0.3 is 5.73 Å². The van der Waals surface area contributed by atoms with Gasteiger partial charge in [-0.1, -0.05) is 27.7 Å². The van der Waals surface area contributed by atoms with Crippen molar-refractivity contribution in [1.82, 2.24) is 9.97 Å². The molecule has 0 unspecified atom stereocenters. The Morgan fingerprint density at radius 2 is 1.95 bits per heavy atom. The zero-order valence-electron chi connectivity index (χ0n) is 9.83. The van der Waals surface area contributed by atoms with Crippen molar-refractivity contribution in [3.05, 3.63) is 44.5 Å². The molecule has 2 aromatic rings. The smallest absolute Gasteiger partial charge is 0.322 e. The molecule has 98 valence electrons. The fourth-order valence-corrected chi connectivity index (χ4v) is 2.67. The maximum Gasteiger partial charge on any atom is 0.322 e. The topological polar surface area (TPSA) is 94.9 Å². The predicted molar refractivity (Wildman–Crippen MR) is 76.1 cm³/mol. The highest BCUT2D eigenvalue weighted by atomic mass is 79.9. The van der Waals surface area contributed by atoms with E-state index >= 15 is 0 Å². The Kier molecular flexibility index (Phi) is 4.01. The van der Waals surface area contributed by atoms with Crippen molar-refractivity contribution >= 4 is 39.3 Å². The lowest BCUT2D eigenvalue weighted by Gasteiger charge is -2.05. The van der Waals surface area contributed by atoms with Crippen LogP contribution in [0.2, 0.25) is 0 Å². The van der Waals surface area contributed by atoms with Crippen molar-refractivity contribution < 1.29 is 4.92 Å². The first kappa shape index (κ1) is 13.8. The zero-order chi connectivity index (χ0) is 14.0. The number of hydrogen-bond acceptors (Lipinski definition) is 6. The molecule has 6 nitrogen and oxygen atoms in total. The molecular formula is C11H9BrN4O2S. The van der Waals surface area contributed by atoms with Crippen LogP contribution in [0.3, 0.4) is 0 Å². The van der Waals surface area contributed by atoms with Gasteiger partial charge in [0.2, 0.25) is 5.95 Å². The van der Waals surface area contributed by atoms with Crippen LogP contribution < -0.4 is 5.73 Å². The lowest BCUT2D eigenvalue weighted by atomic mass is 10.4. The first-order valence-corrected chi connectivity index (χ1v) is 6.80. The molecule has 0 saturated heterocycles. The van der Waals surface area contributed by atoms with Gasteiger partial charge in [-0.05, 0) is 31.2 Å². The Morgan fingerprint density at radius 1 is 1.32 bits per heavy atom. The molecule has 0 bridgehead atoms. The van der Waals surface area contributed by atoms with E-state index < -0.39 is 4.92 Å². The molecule has 0 amide bonds. The van der Waals surface area contributed by atoms with Crippen molar-refractivity contribution in [2.45, 2.75) is 16.8 Å². The molecule has 0 radical (unpaired) electrons. The van der Waals surface area contributed by atoms with Gasteiger partial charge in [-0.15, -0.1) is 0 Å². The molecule has 1 aromatic heterocycles. The Labute approximate surface area is 121 Å². The molecule has 0 aliphatic carbocycles. The van der Waals surface area contributed by atoms with Crippen LogP contribution in [0.1, 0.15) is 5.69 Å². The first-order valence-electron chi connectivity index (χ1n) is 5.19. The molecule has 0 fully saturated rings. The molecular weight excluding hydrogens is 332 g/mol. The van der Waals surface area contributed by atoms with E-state index in [-0.39, 0.29) is 22.4 Å². The zero-order valence-corrected chi connectivity index (χ0v) is 12.2. The van der Waals surface area contributed by atoms with Gasteiger partial charge in [0.05, 0.1) is 4.92 Å². The minimum Gasteiger partial charge on any atom is -0.368 e. The van der Waals surface area contributed by atoms with Gasteiger partial charge in [-0.3, -0.25) is 10.1 Å². The SMILES string of the molecule is Cc1nc(N)nc(Sc2ccc(Br)cc2)c1[N+](=O)[O-]. The van der Waals surface area contributed by atoms with E-state index in [1.165, 1.54) is 11.8 Å². The third-order valence-corrected chi connectivity index (χ3v) is 3.77. The quantitative estimate of drug-likeness (QED) is 0.523. The number of rotatable bonds is 3. The summed E-state index contributed by atoms with van der Waals surface area (Å²) in [6.45, 7) is 1.54. The van der Waals surface area contributed by atoms with Crippen LogP contribution in [0, 0.1) is 17.0 Å². The summed E-state index contributed by atoms with van der Waals surface area (Å²) in [5, 5.41) is 11.3. The number of nitrogen functional groups attached to an aromatic ring is 1. The monoisotopic (exact) mass is 340 g/mol. The van der Waals surface area contributed by atoms with Gasteiger partial charge in [0, 0.05) is 9.37 Å². The molecule has 0 spiro atoms. The number of anilines is 1. The molecule has 1 aromatic carbocycles. The summed E-state index contributed by atoms with van der Waals surface area (Å²) in [5.41, 5.74) is 5.69. The molecule has 2 rings (SSSR count). The number of nitrogens with zero attached hydrogens (tertiary/aromatic N) is 3. The Morgan fingerprint density at radius 3 is 2.53 bits per heavy atom. The number of nitrogens with two attached hydrogens (primary N) is 1. The summed E-state index contributed by atoms with van der Waals surface area (Å²) < 4.78 is 0.935. The average molecular weight is 341 g/mol. The normalized spacial score (nSPS) is 10.4. The van der Waals surface area contributed by atoms with E-state index in [0.717, 1.165) is 9.37 Å². The minimum absolute atomic E-state index is 0.0303. The summed E-state index contributed by atoms with van der Waals surface area (Å²) in [7, 11) is 0. The van der Waals surface area contributed by atoms with Gasteiger partial charge in [-0.2, -0.15) is 4.98 Å². The van der Waals surface area contributed by atoms with Crippen LogP contribution in [0.5, 0.6) is 0 Å². The number of aromatic nitrogens is 2. The van der Waals surface area contributed by atoms with Crippen molar-refractivity contribution in [2.24, 2.45) is 0 Å². The Bertz CT molecular complexity index is 633. The third kappa shape index (κ3) is 3.21. The Balaban J connectivity index is 2.44. The Hall–Kier alpha value is -1.67. The van der Waals surface area contributed by atoms with Crippen molar-refractivity contribution in [2.75, 3.05) is 5.73 Å². The number of benzene rings is 1. The highest BCUT2D eigenvalue weighted by molar-refractivity contribution is 9.10. The average Bonchev–Trinajstić information content (AvgIpc) is 2.30. The van der Waals surface area contributed by atoms with Gasteiger partial charge >= 0.3 is 5.69 Å². The predicted octanol–water partition coefficient (Wildman–Crippen LogP) is 3.19. The van der Waals surface area contributed by atoms with Crippen molar-refractivity contribution in [3.8, 4) is 0 Å². The van der Waals surface area contributed by atoms with Crippen LogP contribution in [0.4, 0.5) is 11.6 Å². The van der Waals surface area contributed by atoms with E-state index in [0.29, 0.717) is 0 Å². The maximum absolute atomic E-state index is 11.1. The van der Waals surface area contributed by atoms with Gasteiger partial charge in [0.25, 0.3) is 0 Å². The highest BCUT2D eigenvalue weighted by Crippen LogP contribution is 2.35. The maximum atomic E-state index is 11.1. The number of nitro groups is 1. The van der Waals surface area contributed by atoms with Gasteiger partial charge in [-0.25, -0.2) is 4.98 Å². The fraction of sp³-hybridized carbons (Fsp3) is 0.0909. The van der Waals surface area contributed by atoms with Crippen LogP contribution in [-0.4, -0.2) is 14.9 Å². The minimum atomic E-state index is -0.490. The number of hydrogen-bond donors (Lipinski definition) is 1. The molecule has 8 heteroatoms. The molecule has 0 atom stereocenters. The summed E-state index contributed by atoms with van der Waals surface area (Å²) in [6.07, 6.45) is 0. The van der Waals surface area contributed by atoms with E-state index in [1.54, 1.807) is 6.92 Å². The van der Waals surface area contributed by atoms with Gasteiger partial charge in [0.15, 0.2) is 5.03 Å². The van der Waals surface area contributed by atoms with E-state index in [9.17, 15) is 10.1 Å². The van der Waals surface area contributed by atoms with Crippen LogP contribution in [0.15, 0.2) is 38.7 Å². The largest absolute Gasteiger partial charge is 0.368 e. The van der Waals surface area contributed by atoms with E-state index in [2.05, 4.69) is 25.9 Å². The summed E-state index contributed by atoms with van der Waals surface area (Å²) >= 11 is 4.51. The van der Waals surface area contributed by atoms with Crippen LogP contribution >= 0.6 is 27.7 Å².